The number of carbonyl (C=O) groups excluding carboxylic acids is 3. The summed E-state index contributed by atoms with van der Waals surface area (Å²) in [7, 11) is 0. The Morgan fingerprint density at radius 1 is 0.875 bits per heavy atom. The van der Waals surface area contributed by atoms with Crippen LogP contribution in [0.4, 0.5) is 0 Å². The van der Waals surface area contributed by atoms with E-state index in [1.165, 1.54) is 6.92 Å². The molecular weight excluding hydrogens is 324 g/mol. The van der Waals surface area contributed by atoms with E-state index < -0.39 is 30.0 Å². The standard InChI is InChI=1S/C15H24O9/c1-11(15(21)23-10-4-8-16)24-14(20)5-2-3-9-22-13(19)7-6-12(17)18/h11,16H,2-10H2,1H3,(H,17,18). The van der Waals surface area contributed by atoms with Gasteiger partial charge < -0.3 is 24.4 Å². The molecule has 0 rings (SSSR count). The van der Waals surface area contributed by atoms with E-state index in [2.05, 4.69) is 0 Å². The predicted octanol–water partition coefficient (Wildman–Crippen LogP) is 0.422. The number of ether oxygens (including phenoxy) is 3. The maximum Gasteiger partial charge on any atom is 0.347 e. The molecule has 0 radical (unpaired) electrons. The number of aliphatic hydroxyl groups is 1. The van der Waals surface area contributed by atoms with Crippen LogP contribution in [0.2, 0.25) is 0 Å². The third-order valence-corrected chi connectivity index (χ3v) is 2.77. The number of unbranched alkanes of at least 4 members (excludes halogenated alkanes) is 1. The zero-order valence-corrected chi connectivity index (χ0v) is 13.7. The third kappa shape index (κ3) is 12.4. The highest BCUT2D eigenvalue weighted by Crippen LogP contribution is 2.04. The molecule has 0 amide bonds. The lowest BCUT2D eigenvalue weighted by molar-refractivity contribution is -0.166. The molecule has 9 nitrogen and oxygen atoms in total. The Kier molecular flexibility index (Phi) is 12.1. The second kappa shape index (κ2) is 13.3. The summed E-state index contributed by atoms with van der Waals surface area (Å²) < 4.78 is 14.5. The lowest BCUT2D eigenvalue weighted by Crippen LogP contribution is -2.26. The summed E-state index contributed by atoms with van der Waals surface area (Å²) in [6, 6.07) is 0. The van der Waals surface area contributed by atoms with Crippen LogP contribution in [0.5, 0.6) is 0 Å². The molecule has 1 unspecified atom stereocenters. The molecule has 0 aliphatic carbocycles. The second-order valence-corrected chi connectivity index (χ2v) is 4.95. The smallest absolute Gasteiger partial charge is 0.347 e. The van der Waals surface area contributed by atoms with E-state index in [9.17, 15) is 19.2 Å². The number of aliphatic carboxylic acids is 1. The predicted molar refractivity (Wildman–Crippen MR) is 79.9 cm³/mol. The molecule has 1 atom stereocenters. The molecule has 0 aromatic heterocycles. The van der Waals surface area contributed by atoms with Crippen molar-refractivity contribution in [2.75, 3.05) is 19.8 Å². The van der Waals surface area contributed by atoms with Gasteiger partial charge in [-0.2, -0.15) is 0 Å². The SMILES string of the molecule is CC(OC(=O)CCCCOC(=O)CCC(=O)O)C(=O)OCCCO. The summed E-state index contributed by atoms with van der Waals surface area (Å²) >= 11 is 0. The maximum absolute atomic E-state index is 11.5. The minimum Gasteiger partial charge on any atom is -0.481 e. The van der Waals surface area contributed by atoms with Crippen molar-refractivity contribution in [3.8, 4) is 0 Å². The van der Waals surface area contributed by atoms with Crippen LogP contribution >= 0.6 is 0 Å². The first-order valence-electron chi connectivity index (χ1n) is 7.71. The van der Waals surface area contributed by atoms with E-state index in [4.69, 9.17) is 24.4 Å². The molecule has 9 heteroatoms. The molecule has 0 aromatic rings. The minimum absolute atomic E-state index is 0.0565. The topological polar surface area (TPSA) is 136 Å². The lowest BCUT2D eigenvalue weighted by atomic mass is 10.2. The van der Waals surface area contributed by atoms with Crippen LogP contribution in [-0.4, -0.2) is 60.0 Å². The van der Waals surface area contributed by atoms with Crippen molar-refractivity contribution in [1.82, 2.24) is 0 Å². The average molecular weight is 348 g/mol. The number of rotatable bonds is 13. The Hall–Kier alpha value is -2.16. The van der Waals surface area contributed by atoms with Gasteiger partial charge in [-0.25, -0.2) is 4.79 Å². The first-order valence-corrected chi connectivity index (χ1v) is 7.71. The molecule has 0 saturated heterocycles. The van der Waals surface area contributed by atoms with Crippen molar-refractivity contribution in [1.29, 1.82) is 0 Å². The largest absolute Gasteiger partial charge is 0.481 e. The van der Waals surface area contributed by atoms with Gasteiger partial charge in [0.15, 0.2) is 6.10 Å². The summed E-state index contributed by atoms with van der Waals surface area (Å²) in [5, 5.41) is 17.0. The average Bonchev–Trinajstić information content (AvgIpc) is 2.52. The van der Waals surface area contributed by atoms with Gasteiger partial charge in [0.05, 0.1) is 26.1 Å². The fourth-order valence-electron chi connectivity index (χ4n) is 1.50. The molecular formula is C15H24O9. The zero-order valence-electron chi connectivity index (χ0n) is 13.7. The van der Waals surface area contributed by atoms with Crippen LogP contribution in [0.25, 0.3) is 0 Å². The number of aliphatic hydroxyl groups excluding tert-OH is 1. The first-order chi connectivity index (χ1) is 11.4. The summed E-state index contributed by atoms with van der Waals surface area (Å²) in [4.78, 5) is 44.3. The van der Waals surface area contributed by atoms with Crippen molar-refractivity contribution >= 4 is 23.9 Å². The number of hydrogen-bond donors (Lipinski definition) is 2. The van der Waals surface area contributed by atoms with E-state index in [0.29, 0.717) is 19.3 Å². The fraction of sp³-hybridized carbons (Fsp3) is 0.733. The van der Waals surface area contributed by atoms with Crippen LogP contribution in [0.1, 0.15) is 45.4 Å². The summed E-state index contributed by atoms with van der Waals surface area (Å²) in [6.07, 6.45) is -0.297. The third-order valence-electron chi connectivity index (χ3n) is 2.77. The number of carboxylic acids is 1. The molecule has 0 aromatic carbocycles. The van der Waals surface area contributed by atoms with E-state index in [1.54, 1.807) is 0 Å². The molecule has 138 valence electrons. The molecule has 0 aliphatic heterocycles. The number of hydrogen-bond acceptors (Lipinski definition) is 8. The van der Waals surface area contributed by atoms with Crippen LogP contribution in [0.3, 0.4) is 0 Å². The lowest BCUT2D eigenvalue weighted by Gasteiger charge is -2.12. The Labute approximate surface area is 139 Å². The Balaban J connectivity index is 3.69. The van der Waals surface area contributed by atoms with Crippen molar-refractivity contribution in [2.24, 2.45) is 0 Å². The normalized spacial score (nSPS) is 11.4. The molecule has 24 heavy (non-hydrogen) atoms. The Morgan fingerprint density at radius 2 is 1.54 bits per heavy atom. The van der Waals surface area contributed by atoms with Crippen LogP contribution in [0, 0.1) is 0 Å². The summed E-state index contributed by atoms with van der Waals surface area (Å²) in [6.45, 7) is 1.45. The number of carbonyl (C=O) groups is 4. The van der Waals surface area contributed by atoms with Gasteiger partial charge in [-0.15, -0.1) is 0 Å². The second-order valence-electron chi connectivity index (χ2n) is 4.95. The first kappa shape index (κ1) is 21.8. The van der Waals surface area contributed by atoms with Gasteiger partial charge in [0.25, 0.3) is 0 Å². The molecule has 0 spiro atoms. The molecule has 0 fully saturated rings. The van der Waals surface area contributed by atoms with E-state index in [0.717, 1.165) is 0 Å². The number of carboxylic acid groups (broad SMARTS) is 1. The van der Waals surface area contributed by atoms with Crippen molar-refractivity contribution < 1.29 is 43.6 Å². The van der Waals surface area contributed by atoms with E-state index >= 15 is 0 Å². The van der Waals surface area contributed by atoms with E-state index in [-0.39, 0.29) is 39.1 Å². The summed E-state index contributed by atoms with van der Waals surface area (Å²) in [5.74, 6) is -2.92. The molecule has 0 heterocycles. The Bertz CT molecular complexity index is 419. The van der Waals surface area contributed by atoms with Gasteiger partial charge in [0, 0.05) is 19.4 Å². The highest BCUT2D eigenvalue weighted by molar-refractivity contribution is 5.79. The fourth-order valence-corrected chi connectivity index (χ4v) is 1.50. The van der Waals surface area contributed by atoms with E-state index in [1.807, 2.05) is 0 Å². The quantitative estimate of drug-likeness (QED) is 0.275. The van der Waals surface area contributed by atoms with Crippen molar-refractivity contribution in [3.05, 3.63) is 0 Å². The van der Waals surface area contributed by atoms with Gasteiger partial charge in [-0.05, 0) is 19.8 Å². The number of esters is 3. The summed E-state index contributed by atoms with van der Waals surface area (Å²) in [5.41, 5.74) is 0. The molecule has 2 N–H and O–H groups in total. The van der Waals surface area contributed by atoms with Crippen LogP contribution < -0.4 is 0 Å². The monoisotopic (exact) mass is 348 g/mol. The van der Waals surface area contributed by atoms with Gasteiger partial charge in [0.2, 0.25) is 0 Å². The molecule has 0 aliphatic rings. The van der Waals surface area contributed by atoms with Crippen molar-refractivity contribution in [2.45, 2.75) is 51.6 Å². The highest BCUT2D eigenvalue weighted by Gasteiger charge is 2.18. The molecule has 0 saturated carbocycles. The minimum atomic E-state index is -1.07. The maximum atomic E-state index is 11.5. The van der Waals surface area contributed by atoms with Gasteiger partial charge in [0.1, 0.15) is 0 Å². The van der Waals surface area contributed by atoms with Crippen molar-refractivity contribution in [3.63, 3.8) is 0 Å². The van der Waals surface area contributed by atoms with Crippen LogP contribution in [-0.2, 0) is 33.4 Å². The Morgan fingerprint density at radius 3 is 2.17 bits per heavy atom. The van der Waals surface area contributed by atoms with Gasteiger partial charge in [-0.1, -0.05) is 0 Å². The van der Waals surface area contributed by atoms with Gasteiger partial charge >= 0.3 is 23.9 Å². The highest BCUT2D eigenvalue weighted by atomic mass is 16.6. The van der Waals surface area contributed by atoms with Gasteiger partial charge in [-0.3, -0.25) is 14.4 Å². The zero-order chi connectivity index (χ0) is 18.4. The van der Waals surface area contributed by atoms with Crippen LogP contribution in [0.15, 0.2) is 0 Å². The molecule has 0 bridgehead atoms.